The number of pyridine rings is 2. The highest BCUT2D eigenvalue weighted by Crippen LogP contribution is 2.21. The number of primary amides is 1. The second kappa shape index (κ2) is 6.26. The predicted octanol–water partition coefficient (Wildman–Crippen LogP) is 1.11. The average molecular weight is 332 g/mol. The third kappa shape index (κ3) is 2.94. The number of nitrogens with zero attached hydrogens (tertiary/aromatic N) is 6. The Morgan fingerprint density at radius 2 is 2.08 bits per heavy atom. The fraction of sp³-hybridized carbons (Fsp3) is 0.125. The number of rotatable bonds is 4. The molecule has 0 aliphatic carbocycles. The third-order valence-electron chi connectivity index (χ3n) is 3.47. The van der Waals surface area contributed by atoms with Crippen molar-refractivity contribution in [2.45, 2.75) is 13.0 Å². The highest BCUT2D eigenvalue weighted by Gasteiger charge is 2.15. The molecular weight excluding hydrogens is 320 g/mol. The van der Waals surface area contributed by atoms with Gasteiger partial charge in [-0.15, -0.1) is 0 Å². The van der Waals surface area contributed by atoms with Crippen LogP contribution in [0.1, 0.15) is 22.8 Å². The molecule has 0 aliphatic rings. The van der Waals surface area contributed by atoms with Crippen molar-refractivity contribution in [1.82, 2.24) is 19.7 Å². The molecule has 3 heterocycles. The number of carbonyl (C=O) groups is 1. The van der Waals surface area contributed by atoms with Crippen molar-refractivity contribution >= 4 is 22.6 Å². The first kappa shape index (κ1) is 15.9. The highest BCUT2D eigenvalue weighted by molar-refractivity contribution is 5.98. The number of aromatic nitrogens is 4. The van der Waals surface area contributed by atoms with Gasteiger partial charge in [0.2, 0.25) is 0 Å². The molecule has 0 aliphatic heterocycles. The van der Waals surface area contributed by atoms with E-state index in [0.29, 0.717) is 28.1 Å². The summed E-state index contributed by atoms with van der Waals surface area (Å²) in [6.07, 6.45) is 4.33. The van der Waals surface area contributed by atoms with E-state index in [1.54, 1.807) is 25.3 Å². The summed E-state index contributed by atoms with van der Waals surface area (Å²) in [4.78, 5) is 20.0. The van der Waals surface area contributed by atoms with Crippen LogP contribution in [0, 0.1) is 22.7 Å². The number of fused-ring (bicyclic) bond motifs is 1. The van der Waals surface area contributed by atoms with E-state index in [-0.39, 0.29) is 5.56 Å². The van der Waals surface area contributed by atoms with E-state index in [0.717, 1.165) is 0 Å². The molecule has 9 nitrogen and oxygen atoms in total. The van der Waals surface area contributed by atoms with Crippen molar-refractivity contribution in [1.29, 1.82) is 10.5 Å². The quantitative estimate of drug-likeness (QED) is 0.727. The van der Waals surface area contributed by atoms with Crippen LogP contribution in [0.15, 0.2) is 30.7 Å². The van der Waals surface area contributed by atoms with Gasteiger partial charge in [-0.05, 0) is 13.0 Å². The molecule has 1 amide bonds. The summed E-state index contributed by atoms with van der Waals surface area (Å²) in [5.74, 6) is -0.265. The molecule has 3 rings (SSSR count). The molecule has 0 spiro atoms. The van der Waals surface area contributed by atoms with E-state index in [1.165, 1.54) is 17.1 Å². The lowest BCUT2D eigenvalue weighted by Crippen LogP contribution is -2.19. The van der Waals surface area contributed by atoms with Crippen LogP contribution in [0.5, 0.6) is 0 Å². The molecule has 0 aromatic carbocycles. The van der Waals surface area contributed by atoms with Crippen LogP contribution in [-0.2, 0) is 0 Å². The number of nitriles is 2. The minimum Gasteiger partial charge on any atom is -0.369 e. The molecule has 3 aromatic rings. The normalized spacial score (nSPS) is 11.5. The summed E-state index contributed by atoms with van der Waals surface area (Å²) in [6, 6.07) is 6.75. The fourth-order valence-electron chi connectivity index (χ4n) is 2.29. The molecule has 0 fully saturated rings. The SMILES string of the molecule is CC(C#N)Nc1cc(-n2ncc3cc(C#N)cnc32)ncc1C(N)=O. The molecular formula is C16H12N8O. The van der Waals surface area contributed by atoms with Crippen molar-refractivity contribution in [2.24, 2.45) is 5.73 Å². The Hall–Kier alpha value is -3.98. The Labute approximate surface area is 142 Å². The molecule has 0 saturated heterocycles. The summed E-state index contributed by atoms with van der Waals surface area (Å²) in [7, 11) is 0. The van der Waals surface area contributed by atoms with E-state index in [9.17, 15) is 4.79 Å². The number of nitrogens with one attached hydrogen (secondary N) is 1. The third-order valence-corrected chi connectivity index (χ3v) is 3.47. The Kier molecular flexibility index (Phi) is 3.98. The van der Waals surface area contributed by atoms with E-state index in [1.807, 2.05) is 12.1 Å². The number of anilines is 1. The zero-order chi connectivity index (χ0) is 18.0. The maximum absolute atomic E-state index is 11.6. The first-order valence-electron chi connectivity index (χ1n) is 7.23. The summed E-state index contributed by atoms with van der Waals surface area (Å²) in [5, 5.41) is 25.7. The molecule has 25 heavy (non-hydrogen) atoms. The fourth-order valence-corrected chi connectivity index (χ4v) is 2.29. The van der Waals surface area contributed by atoms with Crippen molar-refractivity contribution < 1.29 is 4.79 Å². The zero-order valence-corrected chi connectivity index (χ0v) is 13.1. The van der Waals surface area contributed by atoms with E-state index < -0.39 is 11.9 Å². The lowest BCUT2D eigenvalue weighted by Gasteiger charge is -2.13. The Bertz CT molecular complexity index is 1060. The van der Waals surface area contributed by atoms with Crippen LogP contribution in [-0.4, -0.2) is 31.7 Å². The minimum absolute atomic E-state index is 0.169. The second-order valence-corrected chi connectivity index (χ2v) is 5.25. The monoisotopic (exact) mass is 332 g/mol. The highest BCUT2D eigenvalue weighted by atomic mass is 16.1. The van der Waals surface area contributed by atoms with Crippen LogP contribution in [0.25, 0.3) is 16.9 Å². The van der Waals surface area contributed by atoms with Gasteiger partial charge in [0.25, 0.3) is 5.91 Å². The number of nitrogens with two attached hydrogens (primary N) is 1. The first-order valence-corrected chi connectivity index (χ1v) is 7.23. The summed E-state index contributed by atoms with van der Waals surface area (Å²) >= 11 is 0. The maximum Gasteiger partial charge on any atom is 0.252 e. The largest absolute Gasteiger partial charge is 0.369 e. The van der Waals surface area contributed by atoms with Gasteiger partial charge in [-0.2, -0.15) is 20.3 Å². The van der Waals surface area contributed by atoms with Gasteiger partial charge in [0, 0.05) is 23.8 Å². The molecule has 9 heteroatoms. The molecule has 0 radical (unpaired) electrons. The smallest absolute Gasteiger partial charge is 0.252 e. The van der Waals surface area contributed by atoms with Gasteiger partial charge in [-0.25, -0.2) is 9.97 Å². The Morgan fingerprint density at radius 3 is 2.76 bits per heavy atom. The number of hydrogen-bond donors (Lipinski definition) is 2. The first-order chi connectivity index (χ1) is 12.0. The molecule has 1 unspecified atom stereocenters. The standard InChI is InChI=1S/C16H12N8O/c1-9(4-17)23-13-3-14(20-8-12(13)15(19)25)24-16-11(7-22-24)2-10(5-18)6-21-16/h2-3,6-9H,1H3,(H2,19,25)(H,20,23). The van der Waals surface area contributed by atoms with Crippen molar-refractivity contribution in [3.63, 3.8) is 0 Å². The zero-order valence-electron chi connectivity index (χ0n) is 13.1. The minimum atomic E-state index is -0.659. The van der Waals surface area contributed by atoms with Crippen LogP contribution in [0.4, 0.5) is 5.69 Å². The summed E-state index contributed by atoms with van der Waals surface area (Å²) < 4.78 is 1.48. The van der Waals surface area contributed by atoms with Gasteiger partial charge in [0.05, 0.1) is 29.1 Å². The lowest BCUT2D eigenvalue weighted by atomic mass is 10.2. The van der Waals surface area contributed by atoms with E-state index in [2.05, 4.69) is 20.4 Å². The van der Waals surface area contributed by atoms with Crippen molar-refractivity contribution in [3.05, 3.63) is 41.9 Å². The van der Waals surface area contributed by atoms with Crippen LogP contribution < -0.4 is 11.1 Å². The van der Waals surface area contributed by atoms with Crippen LogP contribution >= 0.6 is 0 Å². The second-order valence-electron chi connectivity index (χ2n) is 5.25. The number of hydrogen-bond acceptors (Lipinski definition) is 7. The van der Waals surface area contributed by atoms with Crippen molar-refractivity contribution in [3.8, 4) is 18.0 Å². The van der Waals surface area contributed by atoms with E-state index in [4.69, 9.17) is 16.3 Å². The summed E-state index contributed by atoms with van der Waals surface area (Å²) in [5.41, 5.74) is 6.84. The van der Waals surface area contributed by atoms with Gasteiger partial charge < -0.3 is 11.1 Å². The Morgan fingerprint density at radius 1 is 1.28 bits per heavy atom. The van der Waals surface area contributed by atoms with Gasteiger partial charge in [0.1, 0.15) is 12.1 Å². The molecule has 122 valence electrons. The van der Waals surface area contributed by atoms with Crippen LogP contribution in [0.3, 0.4) is 0 Å². The Balaban J connectivity index is 2.12. The van der Waals surface area contributed by atoms with Gasteiger partial charge in [-0.3, -0.25) is 4.79 Å². The van der Waals surface area contributed by atoms with Crippen molar-refractivity contribution in [2.75, 3.05) is 5.32 Å². The molecule has 0 bridgehead atoms. The topological polar surface area (TPSA) is 146 Å². The molecule has 0 saturated carbocycles. The van der Waals surface area contributed by atoms with Gasteiger partial charge >= 0.3 is 0 Å². The summed E-state index contributed by atoms with van der Waals surface area (Å²) in [6.45, 7) is 1.65. The van der Waals surface area contributed by atoms with Gasteiger partial charge in [-0.1, -0.05) is 0 Å². The maximum atomic E-state index is 11.6. The number of amides is 1. The number of carbonyl (C=O) groups excluding carboxylic acids is 1. The molecule has 3 N–H and O–H groups in total. The molecule has 1 atom stereocenters. The van der Waals surface area contributed by atoms with Gasteiger partial charge in [0.15, 0.2) is 11.5 Å². The average Bonchev–Trinajstić information content (AvgIpc) is 3.04. The van der Waals surface area contributed by atoms with E-state index >= 15 is 0 Å². The lowest BCUT2D eigenvalue weighted by molar-refractivity contribution is 0.100. The van der Waals surface area contributed by atoms with Crippen LogP contribution in [0.2, 0.25) is 0 Å². The predicted molar refractivity (Wildman–Crippen MR) is 88.6 cm³/mol. The molecule has 3 aromatic heterocycles.